The van der Waals surface area contributed by atoms with Gasteiger partial charge in [-0.2, -0.15) is 0 Å². The number of aryl methyl sites for hydroxylation is 1. The third kappa shape index (κ3) is 5.65. The van der Waals surface area contributed by atoms with Gasteiger partial charge in [0.05, 0.1) is 0 Å². The van der Waals surface area contributed by atoms with Crippen LogP contribution in [0.25, 0.3) is 10.8 Å². The van der Waals surface area contributed by atoms with Crippen molar-refractivity contribution in [3.05, 3.63) is 83.9 Å². The standard InChI is InChI=1S/C25H25NO6/c1-3-31-22(14-15-23(28)29)24(32-25(30)26-17-10-8-16(2)9-11-17)20-12-13-21(27)19-7-5-4-6-18(19)20/h4-15,22,24,27H,3H2,1-2H3,(H,26,30)(H,28,29)/b15-14+/t22-,24-/m1/s1. The predicted octanol–water partition coefficient (Wildman–Crippen LogP) is 5.19. The van der Waals surface area contributed by atoms with E-state index in [-0.39, 0.29) is 12.4 Å². The molecule has 3 aromatic rings. The monoisotopic (exact) mass is 435 g/mol. The van der Waals surface area contributed by atoms with E-state index in [1.165, 1.54) is 12.1 Å². The lowest BCUT2D eigenvalue weighted by Crippen LogP contribution is -2.28. The summed E-state index contributed by atoms with van der Waals surface area (Å²) in [5.41, 5.74) is 2.18. The molecule has 0 unspecified atom stereocenters. The molecule has 3 rings (SSSR count). The first-order valence-electron chi connectivity index (χ1n) is 10.2. The fourth-order valence-electron chi connectivity index (χ4n) is 3.38. The Kier molecular flexibility index (Phi) is 7.46. The van der Waals surface area contributed by atoms with Crippen molar-refractivity contribution in [3.63, 3.8) is 0 Å². The number of anilines is 1. The van der Waals surface area contributed by atoms with E-state index in [2.05, 4.69) is 5.32 Å². The fraction of sp³-hybridized carbons (Fsp3) is 0.200. The average molecular weight is 435 g/mol. The Morgan fingerprint density at radius 1 is 1.03 bits per heavy atom. The molecule has 0 radical (unpaired) electrons. The van der Waals surface area contributed by atoms with Crippen molar-refractivity contribution in [2.24, 2.45) is 0 Å². The molecule has 32 heavy (non-hydrogen) atoms. The Labute approximate surface area is 185 Å². The predicted molar refractivity (Wildman–Crippen MR) is 122 cm³/mol. The molecule has 0 spiro atoms. The van der Waals surface area contributed by atoms with Gasteiger partial charge in [-0.05, 0) is 43.5 Å². The Morgan fingerprint density at radius 3 is 2.38 bits per heavy atom. The second kappa shape index (κ2) is 10.5. The minimum Gasteiger partial charge on any atom is -0.507 e. The zero-order valence-electron chi connectivity index (χ0n) is 17.8. The largest absolute Gasteiger partial charge is 0.507 e. The molecule has 0 aromatic heterocycles. The highest BCUT2D eigenvalue weighted by molar-refractivity contribution is 5.92. The van der Waals surface area contributed by atoms with E-state index in [0.717, 1.165) is 11.6 Å². The van der Waals surface area contributed by atoms with Gasteiger partial charge in [-0.1, -0.05) is 48.0 Å². The van der Waals surface area contributed by atoms with Gasteiger partial charge in [0.15, 0.2) is 6.10 Å². The molecule has 1 amide bonds. The number of hydrogen-bond donors (Lipinski definition) is 3. The molecule has 0 saturated heterocycles. The Balaban J connectivity index is 2.01. The van der Waals surface area contributed by atoms with Gasteiger partial charge in [0.25, 0.3) is 0 Å². The smallest absolute Gasteiger partial charge is 0.412 e. The van der Waals surface area contributed by atoms with Crippen LogP contribution >= 0.6 is 0 Å². The number of rotatable bonds is 8. The van der Waals surface area contributed by atoms with E-state index in [0.29, 0.717) is 22.0 Å². The number of carbonyl (C=O) groups excluding carboxylic acids is 1. The maximum atomic E-state index is 12.8. The first kappa shape index (κ1) is 22.8. The van der Waals surface area contributed by atoms with Gasteiger partial charge in [-0.3, -0.25) is 5.32 Å². The van der Waals surface area contributed by atoms with Crippen LogP contribution < -0.4 is 5.32 Å². The molecule has 0 heterocycles. The zero-order valence-corrected chi connectivity index (χ0v) is 17.8. The summed E-state index contributed by atoms with van der Waals surface area (Å²) >= 11 is 0. The molecule has 0 fully saturated rings. The lowest BCUT2D eigenvalue weighted by atomic mass is 9.96. The first-order valence-corrected chi connectivity index (χ1v) is 10.2. The van der Waals surface area contributed by atoms with Crippen LogP contribution in [0.4, 0.5) is 10.5 Å². The molecular weight excluding hydrogens is 410 g/mol. The number of benzene rings is 3. The molecule has 0 aliphatic heterocycles. The lowest BCUT2D eigenvalue weighted by Gasteiger charge is -2.26. The second-order valence-corrected chi connectivity index (χ2v) is 7.15. The van der Waals surface area contributed by atoms with E-state index < -0.39 is 24.3 Å². The molecule has 166 valence electrons. The van der Waals surface area contributed by atoms with Gasteiger partial charge in [0.1, 0.15) is 11.9 Å². The summed E-state index contributed by atoms with van der Waals surface area (Å²) in [6.07, 6.45) is -0.257. The molecule has 7 heteroatoms. The van der Waals surface area contributed by atoms with Crippen molar-refractivity contribution in [2.75, 3.05) is 11.9 Å². The number of phenols is 1. The van der Waals surface area contributed by atoms with Gasteiger partial charge in [-0.25, -0.2) is 9.59 Å². The molecule has 0 saturated carbocycles. The third-order valence-electron chi connectivity index (χ3n) is 4.86. The van der Waals surface area contributed by atoms with Crippen LogP contribution in [0, 0.1) is 6.92 Å². The quantitative estimate of drug-likeness (QED) is 0.421. The van der Waals surface area contributed by atoms with Gasteiger partial charge in [-0.15, -0.1) is 0 Å². The first-order chi connectivity index (χ1) is 15.4. The normalized spacial score (nSPS) is 13.1. The number of ether oxygens (including phenoxy) is 2. The van der Waals surface area contributed by atoms with Crippen LogP contribution in [0.1, 0.15) is 24.2 Å². The van der Waals surface area contributed by atoms with Gasteiger partial charge in [0.2, 0.25) is 0 Å². The second-order valence-electron chi connectivity index (χ2n) is 7.15. The maximum Gasteiger partial charge on any atom is 0.412 e. The molecule has 3 N–H and O–H groups in total. The van der Waals surface area contributed by atoms with Gasteiger partial charge < -0.3 is 19.7 Å². The van der Waals surface area contributed by atoms with Crippen LogP contribution in [-0.2, 0) is 14.3 Å². The number of aliphatic carboxylic acids is 1. The van der Waals surface area contributed by atoms with E-state index >= 15 is 0 Å². The summed E-state index contributed by atoms with van der Waals surface area (Å²) in [7, 11) is 0. The van der Waals surface area contributed by atoms with Crippen molar-refractivity contribution >= 4 is 28.5 Å². The van der Waals surface area contributed by atoms with Crippen LogP contribution in [0.2, 0.25) is 0 Å². The Bertz CT molecular complexity index is 1120. The number of carboxylic acids is 1. The van der Waals surface area contributed by atoms with Crippen molar-refractivity contribution in [1.82, 2.24) is 0 Å². The summed E-state index contributed by atoms with van der Waals surface area (Å²) in [6.45, 7) is 3.97. The molecule has 0 aliphatic carbocycles. The summed E-state index contributed by atoms with van der Waals surface area (Å²) < 4.78 is 11.5. The highest BCUT2D eigenvalue weighted by atomic mass is 16.6. The van der Waals surface area contributed by atoms with E-state index in [1.54, 1.807) is 49.4 Å². The molecule has 7 nitrogen and oxygen atoms in total. The number of phenolic OH excluding ortho intramolecular Hbond substituents is 1. The Morgan fingerprint density at radius 2 is 1.72 bits per heavy atom. The van der Waals surface area contributed by atoms with Crippen LogP contribution in [0.15, 0.2) is 72.8 Å². The minimum atomic E-state index is -1.15. The minimum absolute atomic E-state index is 0.0845. The SMILES string of the molecule is CCO[C@H](/C=C/C(=O)O)[C@H](OC(=O)Nc1ccc(C)cc1)c1ccc(O)c2ccccc12. The maximum absolute atomic E-state index is 12.8. The number of aromatic hydroxyl groups is 1. The Hall–Kier alpha value is -3.84. The van der Waals surface area contributed by atoms with Crippen molar-refractivity contribution in [3.8, 4) is 5.75 Å². The highest BCUT2D eigenvalue weighted by Gasteiger charge is 2.28. The number of hydrogen-bond acceptors (Lipinski definition) is 5. The van der Waals surface area contributed by atoms with E-state index in [1.807, 2.05) is 19.1 Å². The summed E-state index contributed by atoms with van der Waals surface area (Å²) in [5, 5.41) is 23.3. The fourth-order valence-corrected chi connectivity index (χ4v) is 3.38. The highest BCUT2D eigenvalue weighted by Crippen LogP contribution is 2.35. The summed E-state index contributed by atoms with van der Waals surface area (Å²) in [5.74, 6) is -1.06. The van der Waals surface area contributed by atoms with Gasteiger partial charge in [0, 0.05) is 29.3 Å². The number of fused-ring (bicyclic) bond motifs is 1. The van der Waals surface area contributed by atoms with Crippen LogP contribution in [-0.4, -0.2) is 35.0 Å². The van der Waals surface area contributed by atoms with Crippen molar-refractivity contribution < 1.29 is 29.3 Å². The topological polar surface area (TPSA) is 105 Å². The van der Waals surface area contributed by atoms with E-state index in [9.17, 15) is 14.7 Å². The lowest BCUT2D eigenvalue weighted by molar-refractivity contribution is -0.131. The number of carbonyl (C=O) groups is 2. The molecule has 2 atom stereocenters. The number of nitrogens with one attached hydrogen (secondary N) is 1. The summed E-state index contributed by atoms with van der Waals surface area (Å²) in [6, 6.07) is 17.5. The molecule has 3 aromatic carbocycles. The molecular formula is C25H25NO6. The molecule has 0 bridgehead atoms. The third-order valence-corrected chi connectivity index (χ3v) is 4.86. The van der Waals surface area contributed by atoms with Crippen molar-refractivity contribution in [1.29, 1.82) is 0 Å². The van der Waals surface area contributed by atoms with Crippen molar-refractivity contribution in [2.45, 2.75) is 26.1 Å². The number of amides is 1. The molecule has 0 aliphatic rings. The number of carboxylic acid groups (broad SMARTS) is 1. The summed E-state index contributed by atoms with van der Waals surface area (Å²) in [4.78, 5) is 23.9. The van der Waals surface area contributed by atoms with Gasteiger partial charge >= 0.3 is 12.1 Å². The van der Waals surface area contributed by atoms with Crippen LogP contribution in [0.5, 0.6) is 5.75 Å². The van der Waals surface area contributed by atoms with E-state index in [4.69, 9.17) is 14.6 Å². The zero-order chi connectivity index (χ0) is 23.1. The average Bonchev–Trinajstić information content (AvgIpc) is 2.77. The van der Waals surface area contributed by atoms with Crippen LogP contribution in [0.3, 0.4) is 0 Å².